The fourth-order valence-corrected chi connectivity index (χ4v) is 2.88. The molecule has 0 spiro atoms. The van der Waals surface area contributed by atoms with E-state index < -0.39 is 0 Å². The van der Waals surface area contributed by atoms with E-state index in [9.17, 15) is 9.59 Å². The minimum atomic E-state index is -0.0737. The number of ether oxygens (including phenoxy) is 3. The summed E-state index contributed by atoms with van der Waals surface area (Å²) < 4.78 is 15.4. The van der Waals surface area contributed by atoms with Gasteiger partial charge in [-0.15, -0.1) is 0 Å². The molecular formula is C18H26N2O5. The Labute approximate surface area is 148 Å². The number of rotatable bonds is 7. The number of carbonyl (C=O) groups excluding carboxylic acids is 2. The smallest absolute Gasteiger partial charge is 0.254 e. The Balaban J connectivity index is 1.94. The van der Waals surface area contributed by atoms with Crippen molar-refractivity contribution in [1.29, 1.82) is 0 Å². The molecular weight excluding hydrogens is 324 g/mol. The molecule has 1 heterocycles. The van der Waals surface area contributed by atoms with Gasteiger partial charge in [0.05, 0.1) is 20.8 Å². The molecule has 1 aliphatic heterocycles. The van der Waals surface area contributed by atoms with Crippen molar-refractivity contribution >= 4 is 11.8 Å². The van der Waals surface area contributed by atoms with Gasteiger partial charge in [-0.05, 0) is 25.0 Å². The molecule has 1 N–H and O–H groups in total. The van der Waals surface area contributed by atoms with E-state index in [1.54, 1.807) is 44.4 Å². The maximum atomic E-state index is 12.7. The average Bonchev–Trinajstić information content (AvgIpc) is 2.67. The zero-order chi connectivity index (χ0) is 18.2. The van der Waals surface area contributed by atoms with E-state index in [0.717, 1.165) is 0 Å². The van der Waals surface area contributed by atoms with E-state index >= 15 is 0 Å². The molecule has 7 nitrogen and oxygen atoms in total. The first-order valence-corrected chi connectivity index (χ1v) is 8.38. The molecule has 1 aliphatic rings. The molecule has 1 aromatic rings. The summed E-state index contributed by atoms with van der Waals surface area (Å²) in [6, 6.07) is 5.14. The van der Waals surface area contributed by atoms with Crippen LogP contribution in [-0.2, 0) is 9.53 Å². The van der Waals surface area contributed by atoms with Gasteiger partial charge >= 0.3 is 0 Å². The largest absolute Gasteiger partial charge is 0.497 e. The Morgan fingerprint density at radius 2 is 1.68 bits per heavy atom. The summed E-state index contributed by atoms with van der Waals surface area (Å²) in [5, 5.41) is 2.86. The van der Waals surface area contributed by atoms with Crippen molar-refractivity contribution in [2.24, 2.45) is 5.92 Å². The summed E-state index contributed by atoms with van der Waals surface area (Å²) in [4.78, 5) is 26.6. The van der Waals surface area contributed by atoms with Crippen LogP contribution in [0.5, 0.6) is 11.5 Å². The van der Waals surface area contributed by atoms with Crippen molar-refractivity contribution in [3.63, 3.8) is 0 Å². The molecule has 1 aromatic carbocycles. The molecule has 0 aliphatic carbocycles. The van der Waals surface area contributed by atoms with Crippen LogP contribution in [0.15, 0.2) is 18.2 Å². The lowest BCUT2D eigenvalue weighted by Crippen LogP contribution is -2.43. The van der Waals surface area contributed by atoms with Gasteiger partial charge in [0, 0.05) is 44.3 Å². The second-order valence-corrected chi connectivity index (χ2v) is 5.95. The molecule has 25 heavy (non-hydrogen) atoms. The van der Waals surface area contributed by atoms with Gasteiger partial charge in [0.1, 0.15) is 11.5 Å². The first-order chi connectivity index (χ1) is 12.1. The molecule has 0 atom stereocenters. The number of hydrogen-bond donors (Lipinski definition) is 1. The first kappa shape index (κ1) is 19.1. The van der Waals surface area contributed by atoms with E-state index in [2.05, 4.69) is 5.32 Å². The zero-order valence-electron chi connectivity index (χ0n) is 15.0. The van der Waals surface area contributed by atoms with Crippen molar-refractivity contribution in [2.75, 3.05) is 47.6 Å². The third-order valence-electron chi connectivity index (χ3n) is 4.36. The average molecular weight is 350 g/mol. The highest BCUT2D eigenvalue weighted by molar-refractivity contribution is 5.95. The minimum absolute atomic E-state index is 0.0344. The van der Waals surface area contributed by atoms with E-state index in [1.165, 1.54) is 0 Å². The first-order valence-electron chi connectivity index (χ1n) is 8.38. The van der Waals surface area contributed by atoms with Gasteiger partial charge in [0.2, 0.25) is 5.91 Å². The van der Waals surface area contributed by atoms with Crippen LogP contribution in [0.4, 0.5) is 0 Å². The third-order valence-corrected chi connectivity index (χ3v) is 4.36. The van der Waals surface area contributed by atoms with Gasteiger partial charge < -0.3 is 24.4 Å². The van der Waals surface area contributed by atoms with E-state index in [1.807, 2.05) is 0 Å². The Morgan fingerprint density at radius 3 is 2.20 bits per heavy atom. The highest BCUT2D eigenvalue weighted by atomic mass is 16.5. The number of carbonyl (C=O) groups is 2. The number of nitrogens with zero attached hydrogens (tertiary/aromatic N) is 1. The highest BCUT2D eigenvalue weighted by Gasteiger charge is 2.28. The van der Waals surface area contributed by atoms with Crippen molar-refractivity contribution in [1.82, 2.24) is 10.2 Å². The number of nitrogens with one attached hydrogen (secondary N) is 1. The Kier molecular flexibility index (Phi) is 7.06. The fraction of sp³-hybridized carbons (Fsp3) is 0.556. The summed E-state index contributed by atoms with van der Waals surface area (Å²) in [5.74, 6) is 1.06. The van der Waals surface area contributed by atoms with Crippen LogP contribution in [-0.4, -0.2) is 64.3 Å². The summed E-state index contributed by atoms with van der Waals surface area (Å²) in [6.45, 7) is 2.13. The standard InChI is InChI=1S/C18H26N2O5/c1-23-9-6-19-17(21)13-4-7-20(8-5-13)18(22)14-10-15(24-2)12-16(11-14)25-3/h10-13H,4-9H2,1-3H3,(H,19,21). The number of hydrogen-bond acceptors (Lipinski definition) is 5. The molecule has 2 amide bonds. The SMILES string of the molecule is COCCNC(=O)C1CCN(C(=O)c2cc(OC)cc(OC)c2)CC1. The van der Waals surface area contributed by atoms with Gasteiger partial charge in [-0.1, -0.05) is 0 Å². The molecule has 0 saturated carbocycles. The second-order valence-electron chi connectivity index (χ2n) is 5.95. The Morgan fingerprint density at radius 1 is 1.08 bits per heavy atom. The molecule has 0 aromatic heterocycles. The lowest BCUT2D eigenvalue weighted by atomic mass is 9.95. The van der Waals surface area contributed by atoms with Gasteiger partial charge in [0.15, 0.2) is 0 Å². The summed E-state index contributed by atoms with van der Waals surface area (Å²) in [6.07, 6.45) is 1.32. The van der Waals surface area contributed by atoms with E-state index in [4.69, 9.17) is 14.2 Å². The zero-order valence-corrected chi connectivity index (χ0v) is 15.0. The van der Waals surface area contributed by atoms with E-state index in [0.29, 0.717) is 56.1 Å². The number of amides is 2. The maximum Gasteiger partial charge on any atom is 0.254 e. The lowest BCUT2D eigenvalue weighted by molar-refractivity contribution is -0.126. The third kappa shape index (κ3) is 5.09. The van der Waals surface area contributed by atoms with Gasteiger partial charge in [-0.3, -0.25) is 9.59 Å². The van der Waals surface area contributed by atoms with Crippen molar-refractivity contribution in [3.8, 4) is 11.5 Å². The fourth-order valence-electron chi connectivity index (χ4n) is 2.88. The summed E-state index contributed by atoms with van der Waals surface area (Å²) in [7, 11) is 4.71. The Bertz CT molecular complexity index is 575. The predicted molar refractivity (Wildman–Crippen MR) is 93.1 cm³/mol. The number of piperidine rings is 1. The van der Waals surface area contributed by atoms with Gasteiger partial charge in [0.25, 0.3) is 5.91 Å². The molecule has 1 saturated heterocycles. The number of likely N-dealkylation sites (tertiary alicyclic amines) is 1. The topological polar surface area (TPSA) is 77.1 Å². The molecule has 0 bridgehead atoms. The molecule has 0 unspecified atom stereocenters. The van der Waals surface area contributed by atoms with Crippen molar-refractivity contribution in [3.05, 3.63) is 23.8 Å². The highest BCUT2D eigenvalue weighted by Crippen LogP contribution is 2.25. The van der Waals surface area contributed by atoms with Crippen LogP contribution >= 0.6 is 0 Å². The van der Waals surface area contributed by atoms with Crippen molar-refractivity contribution < 1.29 is 23.8 Å². The Hall–Kier alpha value is -2.28. The van der Waals surface area contributed by atoms with E-state index in [-0.39, 0.29) is 17.7 Å². The van der Waals surface area contributed by atoms with Crippen LogP contribution < -0.4 is 14.8 Å². The van der Waals surface area contributed by atoms with Crippen LogP contribution in [0.2, 0.25) is 0 Å². The normalized spacial score (nSPS) is 14.9. The summed E-state index contributed by atoms with van der Waals surface area (Å²) >= 11 is 0. The maximum absolute atomic E-state index is 12.7. The molecule has 1 fully saturated rings. The number of benzene rings is 1. The van der Waals surface area contributed by atoms with Crippen LogP contribution in [0.3, 0.4) is 0 Å². The lowest BCUT2D eigenvalue weighted by Gasteiger charge is -2.31. The van der Waals surface area contributed by atoms with Gasteiger partial charge in [-0.25, -0.2) is 0 Å². The minimum Gasteiger partial charge on any atom is -0.497 e. The van der Waals surface area contributed by atoms with Crippen LogP contribution in [0.25, 0.3) is 0 Å². The van der Waals surface area contributed by atoms with Crippen molar-refractivity contribution in [2.45, 2.75) is 12.8 Å². The molecule has 138 valence electrons. The number of methoxy groups -OCH3 is 3. The van der Waals surface area contributed by atoms with Crippen LogP contribution in [0, 0.1) is 5.92 Å². The second kappa shape index (κ2) is 9.27. The molecule has 7 heteroatoms. The molecule has 0 radical (unpaired) electrons. The quantitative estimate of drug-likeness (QED) is 0.751. The predicted octanol–water partition coefficient (Wildman–Crippen LogP) is 1.32. The molecule has 2 rings (SSSR count). The summed E-state index contributed by atoms with van der Waals surface area (Å²) in [5.41, 5.74) is 0.527. The van der Waals surface area contributed by atoms with Crippen LogP contribution in [0.1, 0.15) is 23.2 Å². The van der Waals surface area contributed by atoms with Gasteiger partial charge in [-0.2, -0.15) is 0 Å². The monoisotopic (exact) mass is 350 g/mol.